The minimum atomic E-state index is -0.905. The van der Waals surface area contributed by atoms with Gasteiger partial charge in [-0.05, 0) is 50.1 Å². The lowest BCUT2D eigenvalue weighted by Crippen LogP contribution is -2.36. The quantitative estimate of drug-likeness (QED) is 0.0576. The van der Waals surface area contributed by atoms with E-state index in [-0.39, 0.29) is 35.4 Å². The Labute approximate surface area is 296 Å². The summed E-state index contributed by atoms with van der Waals surface area (Å²) in [7, 11) is 5.44. The van der Waals surface area contributed by atoms with Crippen LogP contribution in [0.15, 0.2) is 34.7 Å². The Balaban J connectivity index is 1.55. The van der Waals surface area contributed by atoms with Gasteiger partial charge in [0.1, 0.15) is 16.6 Å². The van der Waals surface area contributed by atoms with Gasteiger partial charge in [-0.1, -0.05) is 34.9 Å². The summed E-state index contributed by atoms with van der Waals surface area (Å²) in [6.45, 7) is 6.29. The van der Waals surface area contributed by atoms with Crippen molar-refractivity contribution in [1.82, 2.24) is 9.88 Å². The second-order valence-corrected chi connectivity index (χ2v) is 14.7. The first-order valence-electron chi connectivity index (χ1n) is 15.7. The maximum absolute atomic E-state index is 14.1. The third kappa shape index (κ3) is 7.46. The molecule has 12 nitrogen and oxygen atoms in total. The van der Waals surface area contributed by atoms with Crippen LogP contribution in [0.1, 0.15) is 64.8 Å². The molecule has 262 valence electrons. The number of esters is 1. The zero-order valence-corrected chi connectivity index (χ0v) is 30.2. The predicted octanol–water partition coefficient (Wildman–Crippen LogP) is 7.46. The van der Waals surface area contributed by atoms with Crippen molar-refractivity contribution in [1.29, 1.82) is 0 Å². The van der Waals surface area contributed by atoms with E-state index in [1.807, 2.05) is 6.92 Å². The van der Waals surface area contributed by atoms with Gasteiger partial charge in [-0.3, -0.25) is 9.59 Å². The Morgan fingerprint density at radius 3 is 2.63 bits per heavy atom. The normalized spacial score (nSPS) is 14.6. The molecular weight excluding hydrogens is 694 g/mol. The lowest BCUT2D eigenvalue weighted by atomic mass is 9.95. The Hall–Kier alpha value is -4.01. The molecule has 0 aliphatic carbocycles. The lowest BCUT2D eigenvalue weighted by molar-refractivity contribution is -0.136. The Kier molecular flexibility index (Phi) is 11.6. The molecule has 2 atom stereocenters. The number of hydrogen-bond acceptors (Lipinski definition) is 10. The molecule has 0 spiro atoms. The van der Waals surface area contributed by atoms with Gasteiger partial charge in [0, 0.05) is 59.7 Å². The van der Waals surface area contributed by atoms with E-state index in [1.165, 1.54) is 33.6 Å². The molecule has 0 radical (unpaired) electrons. The number of H-pyrrole nitrogens is 1. The number of aliphatic carboxylic acids is 1. The number of alkyl halides is 1. The van der Waals surface area contributed by atoms with Gasteiger partial charge in [0.15, 0.2) is 11.5 Å². The number of carboxylic acids is 1. The second kappa shape index (κ2) is 15.7. The van der Waals surface area contributed by atoms with Crippen LogP contribution < -0.4 is 14.4 Å². The number of carboxylic acid groups (broad SMARTS) is 1. The monoisotopic (exact) mass is 731 g/mol. The Morgan fingerprint density at radius 1 is 1.18 bits per heavy atom. The zero-order chi connectivity index (χ0) is 35.4. The number of furan rings is 1. The number of ether oxygens (including phenoxy) is 3. The van der Waals surface area contributed by atoms with Crippen LogP contribution in [0.5, 0.6) is 11.5 Å². The number of anilines is 1. The molecule has 0 fully saturated rings. The van der Waals surface area contributed by atoms with Crippen LogP contribution in [0.3, 0.4) is 0 Å². The van der Waals surface area contributed by atoms with Crippen LogP contribution in [-0.2, 0) is 9.53 Å². The highest BCUT2D eigenvalue weighted by Gasteiger charge is 2.39. The van der Waals surface area contributed by atoms with Crippen molar-refractivity contribution in [3.63, 3.8) is 0 Å². The molecule has 49 heavy (non-hydrogen) atoms. The number of unbranched alkanes of at least 4 members (excludes halogenated alkanes) is 1. The maximum atomic E-state index is 14.1. The number of hydrogen-bond donors (Lipinski definition) is 2. The second-order valence-electron chi connectivity index (χ2n) is 11.6. The summed E-state index contributed by atoms with van der Waals surface area (Å²) in [6.07, 6.45) is 0.957. The van der Waals surface area contributed by atoms with Crippen molar-refractivity contribution in [2.45, 2.75) is 44.8 Å². The van der Waals surface area contributed by atoms with Crippen molar-refractivity contribution >= 4 is 84.7 Å². The Bertz CT molecular complexity index is 1890. The fourth-order valence-electron chi connectivity index (χ4n) is 5.81. The predicted molar refractivity (Wildman–Crippen MR) is 192 cm³/mol. The first-order valence-corrected chi connectivity index (χ1v) is 18.6. The number of carbonyl (C=O) groups excluding carboxylic acids is 3. The number of nitrogens with zero attached hydrogens (tertiary/aromatic N) is 2. The van der Waals surface area contributed by atoms with E-state index in [9.17, 15) is 24.3 Å². The molecule has 3 heterocycles. The average Bonchev–Trinajstić information content (AvgIpc) is 3.79. The molecule has 2 aromatic carbocycles. The molecular formula is C34H38ClN3O9S2. The van der Waals surface area contributed by atoms with E-state index in [2.05, 4.69) is 4.98 Å². The zero-order valence-electron chi connectivity index (χ0n) is 27.8. The number of methoxy groups -OCH3 is 2. The van der Waals surface area contributed by atoms with E-state index in [4.69, 9.17) is 30.2 Å². The Morgan fingerprint density at radius 2 is 1.96 bits per heavy atom. The molecule has 0 bridgehead atoms. The number of carbonyl (C=O) groups is 4. The van der Waals surface area contributed by atoms with Crippen LogP contribution >= 0.6 is 33.2 Å². The largest absolute Gasteiger partial charge is 0.497 e. The minimum absolute atomic E-state index is 0.0971. The molecule has 15 heteroatoms. The summed E-state index contributed by atoms with van der Waals surface area (Å²) in [5.41, 5.74) is 2.77. The van der Waals surface area contributed by atoms with Gasteiger partial charge in [-0.2, -0.15) is 0 Å². The molecule has 2 aromatic heterocycles. The van der Waals surface area contributed by atoms with Gasteiger partial charge in [-0.25, -0.2) is 9.59 Å². The number of nitrogens with one attached hydrogen (secondary N) is 1. The van der Waals surface area contributed by atoms with E-state index in [1.54, 1.807) is 56.2 Å². The van der Waals surface area contributed by atoms with Crippen LogP contribution in [0.2, 0.25) is 0 Å². The number of fused-ring (bicyclic) bond motifs is 4. The number of benzene rings is 2. The lowest BCUT2D eigenvalue weighted by Gasteiger charge is -2.23. The van der Waals surface area contributed by atoms with E-state index in [0.717, 1.165) is 12.8 Å². The number of rotatable bonds is 14. The SMILES string of the molecule is CCCCN(CCSSC(C)C(=O)O)C(=O)Oc1cc2c(c3c(C(=O)OC)c(C)[nH]c13)[C@H](CCl)CN2C(=O)c1cc2cc(OC)ccc2o1. The summed E-state index contributed by atoms with van der Waals surface area (Å²) >= 11 is 6.50. The minimum Gasteiger partial charge on any atom is -0.497 e. The first-order chi connectivity index (χ1) is 23.5. The van der Waals surface area contributed by atoms with Crippen LogP contribution in [0.25, 0.3) is 21.9 Å². The number of aryl methyl sites for hydroxylation is 1. The molecule has 1 aliphatic heterocycles. The summed E-state index contributed by atoms with van der Waals surface area (Å²) in [5, 5.41) is 9.76. The van der Waals surface area contributed by atoms with Crippen molar-refractivity contribution in [3.8, 4) is 11.5 Å². The molecule has 2 N–H and O–H groups in total. The van der Waals surface area contributed by atoms with Crippen molar-refractivity contribution < 1.29 is 42.9 Å². The first kappa shape index (κ1) is 36.3. The molecule has 4 aromatic rings. The number of amides is 2. The molecule has 1 unspecified atom stereocenters. The van der Waals surface area contributed by atoms with Gasteiger partial charge in [-0.15, -0.1) is 11.6 Å². The number of aromatic nitrogens is 1. The summed E-state index contributed by atoms with van der Waals surface area (Å²) in [6, 6.07) is 8.51. The smallest absolute Gasteiger partial charge is 0.415 e. The van der Waals surface area contributed by atoms with Crippen LogP contribution in [0.4, 0.5) is 10.5 Å². The summed E-state index contributed by atoms with van der Waals surface area (Å²) < 4.78 is 22.5. The third-order valence-corrected chi connectivity index (χ3v) is 11.5. The fraction of sp³-hybridized carbons (Fsp3) is 0.412. The third-order valence-electron chi connectivity index (χ3n) is 8.35. The summed E-state index contributed by atoms with van der Waals surface area (Å²) in [5.74, 6) is -0.810. The van der Waals surface area contributed by atoms with E-state index < -0.39 is 29.2 Å². The number of aromatic amines is 1. The van der Waals surface area contributed by atoms with E-state index in [0.29, 0.717) is 63.4 Å². The fourth-order valence-corrected chi connectivity index (χ4v) is 8.11. The summed E-state index contributed by atoms with van der Waals surface area (Å²) in [4.78, 5) is 58.5. The topological polar surface area (TPSA) is 152 Å². The van der Waals surface area contributed by atoms with Gasteiger partial charge < -0.3 is 38.5 Å². The van der Waals surface area contributed by atoms with Gasteiger partial charge in [0.2, 0.25) is 0 Å². The number of halogens is 1. The highest BCUT2D eigenvalue weighted by Crippen LogP contribution is 2.48. The van der Waals surface area contributed by atoms with Crippen molar-refractivity contribution in [2.24, 2.45) is 0 Å². The van der Waals surface area contributed by atoms with Crippen molar-refractivity contribution in [3.05, 3.63) is 52.9 Å². The highest BCUT2D eigenvalue weighted by atomic mass is 35.5. The highest BCUT2D eigenvalue weighted by molar-refractivity contribution is 8.77. The maximum Gasteiger partial charge on any atom is 0.415 e. The molecule has 5 rings (SSSR count). The standard InChI is InChI=1S/C34H38ClN3O9S2/c1-6-7-10-37(11-12-48-49-19(3)32(40)41)34(43)47-25-15-23-28(29-27(33(42)45-5)18(2)36-30(25)29)21(16-35)17-38(23)31(39)26-14-20-13-22(44-4)8-9-24(20)46-26/h8-9,13-15,19,21,36H,6-7,10-12,16-17H2,1-5H3,(H,40,41)/t19?,21-/m1/s1. The van der Waals surface area contributed by atoms with Crippen LogP contribution in [-0.4, -0.2) is 89.7 Å². The van der Waals surface area contributed by atoms with Crippen molar-refractivity contribution in [2.75, 3.05) is 50.4 Å². The van der Waals surface area contributed by atoms with Gasteiger partial charge in [0.25, 0.3) is 5.91 Å². The average molecular weight is 732 g/mol. The van der Waals surface area contributed by atoms with Gasteiger partial charge >= 0.3 is 18.0 Å². The molecule has 0 saturated heterocycles. The van der Waals surface area contributed by atoms with Crippen LogP contribution in [0, 0.1) is 6.92 Å². The van der Waals surface area contributed by atoms with Gasteiger partial charge in [0.05, 0.1) is 31.0 Å². The van der Waals surface area contributed by atoms with E-state index >= 15 is 0 Å². The molecule has 2 amide bonds. The molecule has 1 aliphatic rings. The molecule has 0 saturated carbocycles.